The van der Waals surface area contributed by atoms with Gasteiger partial charge in [0.1, 0.15) is 17.4 Å². The maximum absolute atomic E-state index is 14.4. The Labute approximate surface area is 230 Å². The molecule has 8 nitrogen and oxygen atoms in total. The van der Waals surface area contributed by atoms with Gasteiger partial charge in [-0.25, -0.2) is 0 Å². The number of amides is 3. The first-order valence-electron chi connectivity index (χ1n) is 14.9. The highest BCUT2D eigenvalue weighted by atomic mass is 16.5. The summed E-state index contributed by atoms with van der Waals surface area (Å²) in [4.78, 5) is 44.1. The normalized spacial score (nSPS) is 35.9. The van der Waals surface area contributed by atoms with Gasteiger partial charge in [0.05, 0.1) is 25.0 Å². The van der Waals surface area contributed by atoms with Gasteiger partial charge in [-0.2, -0.15) is 0 Å². The van der Waals surface area contributed by atoms with Crippen LogP contribution in [0.15, 0.2) is 36.4 Å². The summed E-state index contributed by atoms with van der Waals surface area (Å²) in [6.45, 7) is 2.20. The average Bonchev–Trinajstić information content (AvgIpc) is 3.48. The van der Waals surface area contributed by atoms with Crippen molar-refractivity contribution in [2.75, 3.05) is 12.4 Å². The van der Waals surface area contributed by atoms with Crippen molar-refractivity contribution in [2.45, 2.75) is 101 Å². The van der Waals surface area contributed by atoms with Crippen molar-refractivity contribution < 1.29 is 23.9 Å². The van der Waals surface area contributed by atoms with Crippen LogP contribution in [-0.4, -0.2) is 59.6 Å². The molecule has 7 atom stereocenters. The van der Waals surface area contributed by atoms with Crippen molar-refractivity contribution in [1.82, 2.24) is 10.2 Å². The SMILES string of the molecule is COc1cccc(NC(=O)[C@H]2[C@H]3C=C[C@@]4(O3)[C@H]2C(=O)N(C2CCCCCC2)[C@@H]4C(=O)N[C@H]2CCCC[C@@H]2C)c1. The van der Waals surface area contributed by atoms with E-state index in [1.807, 2.05) is 29.2 Å². The summed E-state index contributed by atoms with van der Waals surface area (Å²) >= 11 is 0. The van der Waals surface area contributed by atoms with E-state index in [1.54, 1.807) is 19.2 Å². The number of carbonyl (C=O) groups is 3. The van der Waals surface area contributed by atoms with E-state index < -0.39 is 29.6 Å². The monoisotopic (exact) mass is 535 g/mol. The molecule has 39 heavy (non-hydrogen) atoms. The van der Waals surface area contributed by atoms with Gasteiger partial charge in [-0.05, 0) is 43.7 Å². The lowest BCUT2D eigenvalue weighted by Gasteiger charge is -2.38. The molecule has 210 valence electrons. The number of anilines is 1. The largest absolute Gasteiger partial charge is 0.497 e. The van der Waals surface area contributed by atoms with Crippen LogP contribution in [0.2, 0.25) is 0 Å². The van der Waals surface area contributed by atoms with Gasteiger partial charge in [0.25, 0.3) is 0 Å². The molecule has 2 saturated carbocycles. The summed E-state index contributed by atoms with van der Waals surface area (Å²) in [5.74, 6) is -0.894. The quantitative estimate of drug-likeness (QED) is 0.420. The zero-order chi connectivity index (χ0) is 27.1. The lowest BCUT2D eigenvalue weighted by atomic mass is 9.74. The Hall–Kier alpha value is -2.87. The summed E-state index contributed by atoms with van der Waals surface area (Å²) in [5.41, 5.74) is -0.515. The number of nitrogens with zero attached hydrogens (tertiary/aromatic N) is 1. The first-order chi connectivity index (χ1) is 18.9. The highest BCUT2D eigenvalue weighted by Gasteiger charge is 2.73. The van der Waals surface area contributed by atoms with Gasteiger partial charge in [-0.15, -0.1) is 0 Å². The zero-order valence-corrected chi connectivity index (χ0v) is 23.1. The van der Waals surface area contributed by atoms with Crippen molar-refractivity contribution >= 4 is 23.4 Å². The molecule has 2 bridgehead atoms. The number of ether oxygens (including phenoxy) is 2. The molecular formula is C31H41N3O5. The molecule has 2 aliphatic carbocycles. The van der Waals surface area contributed by atoms with Crippen molar-refractivity contribution in [3.8, 4) is 5.75 Å². The van der Waals surface area contributed by atoms with Crippen LogP contribution in [0.1, 0.15) is 71.1 Å². The topological polar surface area (TPSA) is 97.0 Å². The predicted octanol–water partition coefficient (Wildman–Crippen LogP) is 4.20. The van der Waals surface area contributed by atoms with E-state index in [-0.39, 0.29) is 29.8 Å². The molecule has 0 unspecified atom stereocenters. The Morgan fingerprint density at radius 3 is 2.51 bits per heavy atom. The Kier molecular flexibility index (Phi) is 7.16. The van der Waals surface area contributed by atoms with Crippen LogP contribution >= 0.6 is 0 Å². The molecule has 1 aromatic carbocycles. The van der Waals surface area contributed by atoms with Crippen LogP contribution < -0.4 is 15.4 Å². The standard InChI is InChI=1S/C31H41N3O5/c1-19-10-7-8-15-23(19)33-29(36)27-31-17-16-24(39-31)25(28(35)32-20-11-9-14-22(18-20)38-2)26(31)30(37)34(27)21-12-5-3-4-6-13-21/h9,11,14,16-19,21,23-27H,3-8,10,12-13,15H2,1-2H3,(H,32,35)(H,33,36)/t19-,23-,24+,25-,26+,27+,31+/m0/s1. The third-order valence-corrected chi connectivity index (χ3v) is 9.86. The summed E-state index contributed by atoms with van der Waals surface area (Å²) in [5, 5.41) is 6.33. The summed E-state index contributed by atoms with van der Waals surface area (Å²) in [6.07, 6.45) is 13.7. The first kappa shape index (κ1) is 26.4. The third kappa shape index (κ3) is 4.54. The number of methoxy groups -OCH3 is 1. The predicted molar refractivity (Wildman–Crippen MR) is 147 cm³/mol. The lowest BCUT2D eigenvalue weighted by Crippen LogP contribution is -2.59. The molecular weight excluding hydrogens is 494 g/mol. The summed E-state index contributed by atoms with van der Waals surface area (Å²) < 4.78 is 11.9. The number of rotatable bonds is 6. The van der Waals surface area contributed by atoms with E-state index in [0.717, 1.165) is 57.8 Å². The molecule has 6 rings (SSSR count). The van der Waals surface area contributed by atoms with E-state index >= 15 is 0 Å². The molecule has 3 amide bonds. The Bertz CT molecular complexity index is 1140. The minimum Gasteiger partial charge on any atom is -0.497 e. The molecule has 2 saturated heterocycles. The van der Waals surface area contributed by atoms with Crippen molar-refractivity contribution in [2.24, 2.45) is 17.8 Å². The highest BCUT2D eigenvalue weighted by Crippen LogP contribution is 2.56. The highest BCUT2D eigenvalue weighted by molar-refractivity contribution is 6.03. The number of nitrogens with one attached hydrogen (secondary N) is 2. The molecule has 0 radical (unpaired) electrons. The smallest absolute Gasteiger partial charge is 0.246 e. The van der Waals surface area contributed by atoms with Gasteiger partial charge in [0, 0.05) is 23.8 Å². The fourth-order valence-corrected chi connectivity index (χ4v) is 7.85. The molecule has 3 heterocycles. The van der Waals surface area contributed by atoms with Gasteiger partial charge >= 0.3 is 0 Å². The Morgan fingerprint density at radius 1 is 1.03 bits per heavy atom. The van der Waals surface area contributed by atoms with Crippen LogP contribution in [0, 0.1) is 17.8 Å². The van der Waals surface area contributed by atoms with Crippen LogP contribution in [0.5, 0.6) is 5.75 Å². The number of fused-ring (bicyclic) bond motifs is 1. The molecule has 3 aliphatic heterocycles. The second kappa shape index (κ2) is 10.6. The molecule has 4 fully saturated rings. The number of benzene rings is 1. The van der Waals surface area contributed by atoms with Crippen molar-refractivity contribution in [3.63, 3.8) is 0 Å². The van der Waals surface area contributed by atoms with Gasteiger partial charge in [-0.1, -0.05) is 63.7 Å². The number of hydrogen-bond donors (Lipinski definition) is 2. The number of hydrogen-bond acceptors (Lipinski definition) is 5. The Balaban J connectivity index is 1.32. The van der Waals surface area contributed by atoms with Gasteiger partial charge < -0.3 is 25.0 Å². The molecule has 0 aromatic heterocycles. The van der Waals surface area contributed by atoms with E-state index in [9.17, 15) is 14.4 Å². The van der Waals surface area contributed by atoms with Crippen LogP contribution in [0.3, 0.4) is 0 Å². The Morgan fingerprint density at radius 2 is 1.77 bits per heavy atom. The zero-order valence-electron chi connectivity index (χ0n) is 23.1. The van der Waals surface area contributed by atoms with Crippen molar-refractivity contribution in [1.29, 1.82) is 0 Å². The molecule has 5 aliphatic rings. The van der Waals surface area contributed by atoms with E-state index in [2.05, 4.69) is 17.6 Å². The third-order valence-electron chi connectivity index (χ3n) is 9.86. The van der Waals surface area contributed by atoms with E-state index in [1.165, 1.54) is 6.42 Å². The first-order valence-corrected chi connectivity index (χ1v) is 14.9. The molecule has 8 heteroatoms. The van der Waals surface area contributed by atoms with E-state index in [0.29, 0.717) is 17.4 Å². The molecule has 1 spiro atoms. The second-order valence-corrected chi connectivity index (χ2v) is 12.2. The van der Waals surface area contributed by atoms with Gasteiger partial charge in [0.15, 0.2) is 0 Å². The number of likely N-dealkylation sites (tertiary alicyclic amines) is 1. The van der Waals surface area contributed by atoms with E-state index in [4.69, 9.17) is 9.47 Å². The number of carbonyl (C=O) groups excluding carboxylic acids is 3. The van der Waals surface area contributed by atoms with Gasteiger partial charge in [-0.3, -0.25) is 14.4 Å². The lowest BCUT2D eigenvalue weighted by molar-refractivity contribution is -0.144. The van der Waals surface area contributed by atoms with Crippen LogP contribution in [-0.2, 0) is 19.1 Å². The maximum atomic E-state index is 14.4. The molecule has 2 N–H and O–H groups in total. The minimum absolute atomic E-state index is 0.0161. The summed E-state index contributed by atoms with van der Waals surface area (Å²) in [6, 6.07) is 6.51. The fraction of sp³-hybridized carbons (Fsp3) is 0.645. The summed E-state index contributed by atoms with van der Waals surface area (Å²) in [7, 11) is 1.58. The average molecular weight is 536 g/mol. The second-order valence-electron chi connectivity index (χ2n) is 12.2. The molecule has 1 aromatic rings. The minimum atomic E-state index is -1.12. The van der Waals surface area contributed by atoms with Gasteiger partial charge in [0.2, 0.25) is 17.7 Å². The van der Waals surface area contributed by atoms with Crippen LogP contribution in [0.4, 0.5) is 5.69 Å². The van der Waals surface area contributed by atoms with Crippen molar-refractivity contribution in [3.05, 3.63) is 36.4 Å². The fourth-order valence-electron chi connectivity index (χ4n) is 7.85. The maximum Gasteiger partial charge on any atom is 0.246 e. The van der Waals surface area contributed by atoms with Crippen LogP contribution in [0.25, 0.3) is 0 Å².